The number of carbonyl (C=O) groups excluding carboxylic acids is 1. The van der Waals surface area contributed by atoms with Gasteiger partial charge in [0.1, 0.15) is 0 Å². The number of amides is 1. The first kappa shape index (κ1) is 16.0. The zero-order chi connectivity index (χ0) is 16.4. The first-order valence-electron chi connectivity index (χ1n) is 7.75. The minimum atomic E-state index is -0.0687. The molecule has 7 heteroatoms. The zero-order valence-corrected chi connectivity index (χ0v) is 14.0. The van der Waals surface area contributed by atoms with Crippen molar-refractivity contribution in [2.45, 2.75) is 25.8 Å². The highest BCUT2D eigenvalue weighted by Gasteiger charge is 2.27. The van der Waals surface area contributed by atoms with Crippen LogP contribution in [-0.4, -0.2) is 52.0 Å². The van der Waals surface area contributed by atoms with Gasteiger partial charge in [-0.15, -0.1) is 5.10 Å². The van der Waals surface area contributed by atoms with Crippen molar-refractivity contribution in [3.63, 3.8) is 0 Å². The second-order valence-electron chi connectivity index (χ2n) is 5.77. The van der Waals surface area contributed by atoms with Crippen LogP contribution in [-0.2, 0) is 0 Å². The Hall–Kier alpha value is -1.92. The Labute approximate surface area is 140 Å². The van der Waals surface area contributed by atoms with Crippen LogP contribution in [0.5, 0.6) is 0 Å². The summed E-state index contributed by atoms with van der Waals surface area (Å²) in [6, 6.07) is 7.73. The van der Waals surface area contributed by atoms with Crippen molar-refractivity contribution < 1.29 is 4.79 Å². The molecule has 23 heavy (non-hydrogen) atoms. The van der Waals surface area contributed by atoms with Gasteiger partial charge in [0.2, 0.25) is 0 Å². The molecule has 0 aliphatic carbocycles. The Balaban J connectivity index is 1.87. The first-order chi connectivity index (χ1) is 11.1. The van der Waals surface area contributed by atoms with Gasteiger partial charge in [-0.1, -0.05) is 28.9 Å². The smallest absolute Gasteiger partial charge is 0.276 e. The molecule has 1 aromatic heterocycles. The molecule has 1 atom stereocenters. The molecule has 1 amide bonds. The maximum Gasteiger partial charge on any atom is 0.276 e. The van der Waals surface area contributed by atoms with E-state index in [0.717, 1.165) is 25.1 Å². The number of nitrogens with one attached hydrogen (secondary N) is 1. The van der Waals surface area contributed by atoms with E-state index in [2.05, 4.69) is 15.6 Å². The number of hydrogen-bond acceptors (Lipinski definition) is 4. The van der Waals surface area contributed by atoms with Crippen LogP contribution >= 0.6 is 11.6 Å². The van der Waals surface area contributed by atoms with E-state index < -0.39 is 0 Å². The molecule has 1 fully saturated rings. The van der Waals surface area contributed by atoms with Gasteiger partial charge in [0.15, 0.2) is 5.69 Å². The molecule has 1 N–H and O–H groups in total. The molecule has 0 saturated carbocycles. The number of rotatable bonds is 3. The first-order valence-corrected chi connectivity index (χ1v) is 8.13. The van der Waals surface area contributed by atoms with Crippen LogP contribution < -0.4 is 5.32 Å². The lowest BCUT2D eigenvalue weighted by molar-refractivity contribution is 0.0691. The van der Waals surface area contributed by atoms with Crippen LogP contribution in [0.15, 0.2) is 24.3 Å². The lowest BCUT2D eigenvalue weighted by Gasteiger charge is -2.32. The lowest BCUT2D eigenvalue weighted by atomic mass is 10.1. The van der Waals surface area contributed by atoms with Crippen LogP contribution in [0.25, 0.3) is 5.69 Å². The number of nitrogens with zero attached hydrogens (tertiary/aromatic N) is 4. The van der Waals surface area contributed by atoms with Gasteiger partial charge in [0.25, 0.3) is 5.91 Å². The SMILES string of the molecule is CNC1CCCN(C(=O)c2nnn(-c3ccccc3Cl)c2C)C1. The molecular weight excluding hydrogens is 314 g/mol. The molecule has 1 aromatic carbocycles. The lowest BCUT2D eigenvalue weighted by Crippen LogP contribution is -2.47. The largest absolute Gasteiger partial charge is 0.336 e. The van der Waals surface area contributed by atoms with E-state index >= 15 is 0 Å². The van der Waals surface area contributed by atoms with Gasteiger partial charge in [-0.25, -0.2) is 4.68 Å². The molecule has 2 aromatic rings. The number of aromatic nitrogens is 3. The second kappa shape index (κ2) is 6.68. The van der Waals surface area contributed by atoms with E-state index in [4.69, 9.17) is 11.6 Å². The number of halogens is 1. The van der Waals surface area contributed by atoms with E-state index in [1.807, 2.05) is 37.1 Å². The Bertz CT molecular complexity index is 714. The maximum atomic E-state index is 12.8. The third-order valence-electron chi connectivity index (χ3n) is 4.29. The molecule has 3 rings (SSSR count). The molecule has 0 spiro atoms. The number of piperidine rings is 1. The van der Waals surface area contributed by atoms with E-state index in [0.29, 0.717) is 29.0 Å². The summed E-state index contributed by atoms with van der Waals surface area (Å²) in [7, 11) is 1.93. The second-order valence-corrected chi connectivity index (χ2v) is 6.17. The van der Waals surface area contributed by atoms with E-state index in [1.54, 1.807) is 10.7 Å². The number of hydrogen-bond donors (Lipinski definition) is 1. The van der Waals surface area contributed by atoms with E-state index in [1.165, 1.54) is 0 Å². The summed E-state index contributed by atoms with van der Waals surface area (Å²) in [6.45, 7) is 3.30. The summed E-state index contributed by atoms with van der Waals surface area (Å²) in [6.07, 6.45) is 2.08. The highest BCUT2D eigenvalue weighted by Crippen LogP contribution is 2.22. The van der Waals surface area contributed by atoms with Gasteiger partial charge in [-0.3, -0.25) is 4.79 Å². The summed E-state index contributed by atoms with van der Waals surface area (Å²) < 4.78 is 1.62. The van der Waals surface area contributed by atoms with Crippen LogP contribution in [0.3, 0.4) is 0 Å². The topological polar surface area (TPSA) is 63.1 Å². The van der Waals surface area contributed by atoms with E-state index in [9.17, 15) is 4.79 Å². The van der Waals surface area contributed by atoms with Crippen molar-refractivity contribution in [3.8, 4) is 5.69 Å². The quantitative estimate of drug-likeness (QED) is 0.933. The molecular formula is C16H20ClN5O. The molecule has 2 heterocycles. The fourth-order valence-corrected chi connectivity index (χ4v) is 3.14. The van der Waals surface area contributed by atoms with Crippen molar-refractivity contribution in [1.82, 2.24) is 25.2 Å². The monoisotopic (exact) mass is 333 g/mol. The fraction of sp³-hybridized carbons (Fsp3) is 0.438. The van der Waals surface area contributed by atoms with Gasteiger partial charge in [-0.05, 0) is 38.9 Å². The average Bonchev–Trinajstić information content (AvgIpc) is 2.96. The Kier molecular flexibility index (Phi) is 4.63. The fourth-order valence-electron chi connectivity index (χ4n) is 2.93. The number of carbonyl (C=O) groups is 1. The Morgan fingerprint density at radius 1 is 1.39 bits per heavy atom. The summed E-state index contributed by atoms with van der Waals surface area (Å²) in [5.74, 6) is -0.0687. The van der Waals surface area contributed by atoms with Crippen molar-refractivity contribution in [2.75, 3.05) is 20.1 Å². The highest BCUT2D eigenvalue weighted by molar-refractivity contribution is 6.32. The molecule has 1 aliphatic rings. The van der Waals surface area contributed by atoms with Gasteiger partial charge in [0, 0.05) is 19.1 Å². The minimum Gasteiger partial charge on any atom is -0.336 e. The standard InChI is InChI=1S/C16H20ClN5O/c1-11-15(16(23)21-9-5-6-12(10-21)18-2)19-20-22(11)14-8-4-3-7-13(14)17/h3-4,7-8,12,18H,5-6,9-10H2,1-2H3. The molecule has 122 valence electrons. The van der Waals surface area contributed by atoms with Crippen LogP contribution in [0.1, 0.15) is 29.0 Å². The van der Waals surface area contributed by atoms with Crippen LogP contribution in [0, 0.1) is 6.92 Å². The minimum absolute atomic E-state index is 0.0687. The molecule has 1 aliphatic heterocycles. The summed E-state index contributed by atoms with van der Waals surface area (Å²) >= 11 is 6.21. The number of benzene rings is 1. The van der Waals surface area contributed by atoms with Gasteiger partial charge in [-0.2, -0.15) is 0 Å². The molecule has 0 radical (unpaired) electrons. The summed E-state index contributed by atoms with van der Waals surface area (Å²) in [5, 5.41) is 12.0. The average molecular weight is 334 g/mol. The Morgan fingerprint density at radius 3 is 2.91 bits per heavy atom. The van der Waals surface area contributed by atoms with E-state index in [-0.39, 0.29) is 5.91 Å². The predicted octanol–water partition coefficient (Wildman–Crippen LogP) is 2.05. The van der Waals surface area contributed by atoms with Crippen molar-refractivity contribution in [1.29, 1.82) is 0 Å². The Morgan fingerprint density at radius 2 is 2.17 bits per heavy atom. The number of likely N-dealkylation sites (tertiary alicyclic amines) is 1. The van der Waals surface area contributed by atoms with Gasteiger partial charge in [0.05, 0.1) is 16.4 Å². The van der Waals surface area contributed by atoms with Gasteiger partial charge >= 0.3 is 0 Å². The highest BCUT2D eigenvalue weighted by atomic mass is 35.5. The van der Waals surface area contributed by atoms with Crippen LogP contribution in [0.2, 0.25) is 5.02 Å². The summed E-state index contributed by atoms with van der Waals surface area (Å²) in [4.78, 5) is 14.6. The summed E-state index contributed by atoms with van der Waals surface area (Å²) in [5.41, 5.74) is 1.82. The maximum absolute atomic E-state index is 12.8. The van der Waals surface area contributed by atoms with Crippen LogP contribution in [0.4, 0.5) is 0 Å². The third kappa shape index (κ3) is 3.09. The van der Waals surface area contributed by atoms with Gasteiger partial charge < -0.3 is 10.2 Å². The number of likely N-dealkylation sites (N-methyl/N-ethyl adjacent to an activating group) is 1. The third-order valence-corrected chi connectivity index (χ3v) is 4.61. The van der Waals surface area contributed by atoms with Crippen molar-refractivity contribution in [3.05, 3.63) is 40.7 Å². The predicted molar refractivity (Wildman–Crippen MR) is 89.1 cm³/mol. The van der Waals surface area contributed by atoms with Crippen molar-refractivity contribution >= 4 is 17.5 Å². The zero-order valence-electron chi connectivity index (χ0n) is 13.3. The molecule has 1 saturated heterocycles. The van der Waals surface area contributed by atoms with Crippen molar-refractivity contribution in [2.24, 2.45) is 0 Å². The molecule has 1 unspecified atom stereocenters. The molecule has 0 bridgehead atoms. The number of para-hydroxylation sites is 1. The molecule has 6 nitrogen and oxygen atoms in total. The normalized spacial score (nSPS) is 18.2.